The Hall–Kier alpha value is 1.67. The van der Waals surface area contributed by atoms with Gasteiger partial charge in [-0.05, 0) is 0 Å². The van der Waals surface area contributed by atoms with Crippen molar-refractivity contribution in [1.29, 1.82) is 0 Å². The summed E-state index contributed by atoms with van der Waals surface area (Å²) in [5.41, 5.74) is 0. The van der Waals surface area contributed by atoms with Gasteiger partial charge >= 0.3 is 59.1 Å². The molecule has 0 saturated heterocycles. The van der Waals surface area contributed by atoms with E-state index >= 15 is 0 Å². The molecule has 0 fully saturated rings. The zero-order valence-electron chi connectivity index (χ0n) is 8.63. The molecule has 0 amide bonds. The van der Waals surface area contributed by atoms with E-state index in [1.54, 1.807) is 0 Å². The summed E-state index contributed by atoms with van der Waals surface area (Å²) in [5, 5.41) is 0. The Morgan fingerprint density at radius 1 is 0.500 bits per heavy atom. The first-order valence-corrected chi connectivity index (χ1v) is 1.50. The summed E-state index contributed by atoms with van der Waals surface area (Å²) >= 11 is -3.11. The smallest absolute Gasteiger partial charge is 0.784 e. The van der Waals surface area contributed by atoms with Crippen LogP contribution in [0.2, 0.25) is 0 Å². The van der Waals surface area contributed by atoms with Crippen LogP contribution < -0.4 is 59.1 Å². The average molecular weight is 306 g/mol. The molecule has 0 radical (unpaired) electrons. The van der Waals surface area contributed by atoms with Gasteiger partial charge in [0.05, 0.1) is 0 Å². The van der Waals surface area contributed by atoms with Crippen LogP contribution in [-0.4, -0.2) is 68.1 Å². The number of hydrogen-bond acceptors (Lipinski definition) is 3. The van der Waals surface area contributed by atoms with Crippen LogP contribution in [0.5, 0.6) is 0 Å². The van der Waals surface area contributed by atoms with E-state index in [0.29, 0.717) is 0 Å². The first-order chi connectivity index (χ1) is 1.73. The van der Waals surface area contributed by atoms with Gasteiger partial charge in [0, 0.05) is 0 Å². The summed E-state index contributed by atoms with van der Waals surface area (Å²) in [5.74, 6) is 0. The van der Waals surface area contributed by atoms with Crippen molar-refractivity contribution in [2.45, 2.75) is 0 Å². The predicted molar refractivity (Wildman–Crippen MR) is 45.8 cm³/mol. The molecule has 0 aliphatic carbocycles. The van der Waals surface area contributed by atoms with Crippen molar-refractivity contribution in [3.05, 3.63) is 0 Å². The third-order valence-electron chi connectivity index (χ3n) is 0. The molecule has 16 heavy (non-hydrogen) atoms. The van der Waals surface area contributed by atoms with E-state index in [2.05, 4.69) is 0 Å². The van der Waals surface area contributed by atoms with E-state index in [9.17, 15) is 0 Å². The van der Waals surface area contributed by atoms with Crippen molar-refractivity contribution >= 4 is 11.4 Å². The molecule has 0 rings (SSSR count). The Labute approximate surface area is 137 Å². The maximum Gasteiger partial charge on any atom is 1.00 e. The van der Waals surface area contributed by atoms with Gasteiger partial charge in [-0.1, -0.05) is 0 Å². The van der Waals surface area contributed by atoms with Gasteiger partial charge in [0.25, 0.3) is 0 Å². The summed E-state index contributed by atoms with van der Waals surface area (Å²) in [6, 6.07) is 0. The third kappa shape index (κ3) is 1210. The zero-order valence-corrected chi connectivity index (χ0v) is 13.4. The van der Waals surface area contributed by atoms with Gasteiger partial charge < -0.3 is 63.9 Å². The van der Waals surface area contributed by atoms with Crippen molar-refractivity contribution < 1.29 is 127 Å². The van der Waals surface area contributed by atoms with Crippen LogP contribution in [0.1, 0.15) is 0 Å². The summed E-state index contributed by atoms with van der Waals surface area (Å²) < 4.78 is 25.3. The van der Waals surface area contributed by atoms with Gasteiger partial charge in [0.15, 0.2) is 0 Å². The molecule has 0 aliphatic rings. The molecule has 16 heteroatoms. The zero-order chi connectivity index (χ0) is 3.58. The monoisotopic (exact) mass is 306 g/mol. The number of rotatable bonds is 0. The Kier molecular flexibility index (Phi) is 2640. The molecule has 0 unspecified atom stereocenters. The van der Waals surface area contributed by atoms with Crippen LogP contribution in [0.3, 0.4) is 0 Å². The van der Waals surface area contributed by atoms with Gasteiger partial charge in [-0.15, -0.1) is 11.4 Å². The van der Waals surface area contributed by atoms with Crippen LogP contribution in [-0.2, 0) is 11.4 Å². The van der Waals surface area contributed by atoms with Crippen LogP contribution in [0.4, 0.5) is 0 Å². The first kappa shape index (κ1) is 225. The molecule has 0 aliphatic heterocycles. The maximum absolute atomic E-state index is 8.44. The topological polar surface area (TPSA) is 378 Å². The fourth-order valence-electron chi connectivity index (χ4n) is 0. The molecule has 0 aromatic heterocycles. The van der Waals surface area contributed by atoms with E-state index in [1.807, 2.05) is 0 Å². The van der Waals surface area contributed by atoms with Gasteiger partial charge in [-0.3, -0.25) is 4.21 Å². The third-order valence-corrected chi connectivity index (χ3v) is 0. The fraction of sp³-hybridized carbons (Fsp3) is 0. The van der Waals surface area contributed by atoms with Crippen LogP contribution in [0.25, 0.3) is 0 Å². The summed E-state index contributed by atoms with van der Waals surface area (Å²) in [6.07, 6.45) is 0. The van der Waals surface area contributed by atoms with E-state index in [0.717, 1.165) is 0 Å². The Morgan fingerprint density at radius 3 is 0.500 bits per heavy atom. The van der Waals surface area contributed by atoms with Crippen molar-refractivity contribution in [2.24, 2.45) is 0 Å². The molecule has 0 aromatic rings. The Morgan fingerprint density at radius 2 is 0.500 bits per heavy atom. The van der Waals surface area contributed by atoms with Crippen LogP contribution in [0.15, 0.2) is 0 Å². The van der Waals surface area contributed by atoms with Gasteiger partial charge in [0.2, 0.25) is 0 Å². The summed E-state index contributed by atoms with van der Waals surface area (Å²) in [4.78, 5) is 0. The summed E-state index contributed by atoms with van der Waals surface area (Å²) in [7, 11) is 0. The van der Waals surface area contributed by atoms with Crippen molar-refractivity contribution in [3.8, 4) is 0 Å². The second-order valence-corrected chi connectivity index (χ2v) is 0.612. The van der Waals surface area contributed by atoms with Gasteiger partial charge in [-0.25, -0.2) is 0 Å². The quantitative estimate of drug-likeness (QED) is 0.310. The minimum Gasteiger partial charge on any atom is -0.784 e. The average Bonchev–Trinajstić information content (AvgIpc) is 0.811. The molecule has 0 atom stereocenters. The predicted octanol–water partition coefficient (Wildman–Crippen LogP) is -15.2. The second kappa shape index (κ2) is 188. The van der Waals surface area contributed by atoms with Crippen molar-refractivity contribution in [3.63, 3.8) is 0 Å². The van der Waals surface area contributed by atoms with Gasteiger partial charge in [-0.2, -0.15) is 0 Å². The van der Waals surface area contributed by atoms with E-state index in [1.165, 1.54) is 0 Å². The van der Waals surface area contributed by atoms with Crippen molar-refractivity contribution in [2.75, 3.05) is 0 Å². The Balaban J connectivity index is -0.000000000682. The maximum atomic E-state index is 8.44. The van der Waals surface area contributed by atoms with Crippen LogP contribution >= 0.6 is 0 Å². The molecule has 0 heterocycles. The molecule has 0 saturated carbocycles. The fourth-order valence-corrected chi connectivity index (χ4v) is 0. The van der Waals surface area contributed by atoms with Crippen molar-refractivity contribution in [1.82, 2.24) is 0 Å². The molecular weight excluding hydrogens is 286 g/mol. The molecule has 20 N–H and O–H groups in total. The minimum absolute atomic E-state index is 0. The molecule has 0 bridgehead atoms. The molecular formula is H20Na2O13S. The van der Waals surface area contributed by atoms with E-state index < -0.39 is 11.4 Å². The minimum atomic E-state index is -3.11. The molecule has 106 valence electrons. The van der Waals surface area contributed by atoms with E-state index in [4.69, 9.17) is 13.3 Å². The largest absolute Gasteiger partial charge is 1.00 e. The van der Waals surface area contributed by atoms with Gasteiger partial charge in [0.1, 0.15) is 0 Å². The molecule has 13 nitrogen and oxygen atoms in total. The number of hydrogen-bond donors (Lipinski definition) is 0. The van der Waals surface area contributed by atoms with Crippen LogP contribution in [0, 0.1) is 0 Å². The second-order valence-electron chi connectivity index (χ2n) is 0.204. The summed E-state index contributed by atoms with van der Waals surface area (Å²) in [6.45, 7) is 0. The standard InChI is InChI=1S/2Na.H2O3S.10H2O/c;;1-4(2)3;;;;;;;;;;/h;;(H2,1,2,3);10*1H2/q2*+1;;;;;;;;;;;/p-2. The Bertz CT molecular complexity index is 36.9. The molecule has 0 aromatic carbocycles. The SMILES string of the molecule is O.O.O.O.O.O.O.O.O.O.O=S([O-])[O-].[Na+].[Na+]. The first-order valence-electron chi connectivity index (χ1n) is 0.500. The normalized spacial score (nSPS) is 2.19. The van der Waals surface area contributed by atoms with E-state index in [-0.39, 0.29) is 114 Å². The molecule has 0 spiro atoms.